The van der Waals surface area contributed by atoms with Crippen LogP contribution >= 0.6 is 0 Å². The predicted octanol–water partition coefficient (Wildman–Crippen LogP) is 6.04. The minimum atomic E-state index is -4.14. The second-order valence-corrected chi connectivity index (χ2v) is 14.1. The second kappa shape index (κ2) is 11.9. The van der Waals surface area contributed by atoms with Gasteiger partial charge in [-0.15, -0.1) is 0 Å². The molecule has 43 heavy (non-hydrogen) atoms. The quantitative estimate of drug-likeness (QED) is 0.270. The molecule has 1 aliphatic carbocycles. The molecule has 0 radical (unpaired) electrons. The number of para-hydroxylation sites is 1. The first kappa shape index (κ1) is 30.4. The van der Waals surface area contributed by atoms with Gasteiger partial charge in [-0.1, -0.05) is 69.3 Å². The van der Waals surface area contributed by atoms with Gasteiger partial charge in [-0.25, -0.2) is 13.1 Å². The van der Waals surface area contributed by atoms with Crippen molar-refractivity contribution in [1.29, 1.82) is 0 Å². The Bertz CT molecular complexity index is 1770. The highest BCUT2D eigenvalue weighted by Gasteiger charge is 2.26. The van der Waals surface area contributed by atoms with Crippen molar-refractivity contribution >= 4 is 21.6 Å². The Balaban J connectivity index is 1.25. The first-order chi connectivity index (χ1) is 20.3. The fourth-order valence-electron chi connectivity index (χ4n) is 5.78. The third kappa shape index (κ3) is 6.46. The van der Waals surface area contributed by atoms with Crippen LogP contribution in [-0.4, -0.2) is 29.7 Å². The van der Waals surface area contributed by atoms with Gasteiger partial charge >= 0.3 is 0 Å². The number of amides is 1. The maximum absolute atomic E-state index is 13.4. The van der Waals surface area contributed by atoms with E-state index in [9.17, 15) is 18.0 Å². The van der Waals surface area contributed by atoms with E-state index in [-0.39, 0.29) is 33.5 Å². The summed E-state index contributed by atoms with van der Waals surface area (Å²) in [7, 11) is -2.44. The first-order valence-corrected chi connectivity index (χ1v) is 16.2. The summed E-state index contributed by atoms with van der Waals surface area (Å²) in [5.74, 6) is 0.159. The van der Waals surface area contributed by atoms with Gasteiger partial charge in [0.1, 0.15) is 5.69 Å². The van der Waals surface area contributed by atoms with Gasteiger partial charge in [0, 0.05) is 18.7 Å². The zero-order valence-electron chi connectivity index (χ0n) is 25.4. The minimum Gasteiger partial charge on any atom is -0.349 e. The average molecular weight is 601 g/mol. The number of benzene rings is 3. The van der Waals surface area contributed by atoms with Crippen LogP contribution in [0.15, 0.2) is 88.6 Å². The van der Waals surface area contributed by atoms with Gasteiger partial charge in [0.25, 0.3) is 21.5 Å². The van der Waals surface area contributed by atoms with Crippen LogP contribution in [0.2, 0.25) is 0 Å². The van der Waals surface area contributed by atoms with E-state index in [1.165, 1.54) is 27.9 Å². The number of carbonyl (C=O) groups excluding carboxylic acids is 1. The van der Waals surface area contributed by atoms with Crippen molar-refractivity contribution in [2.24, 2.45) is 7.05 Å². The second-order valence-electron chi connectivity index (χ2n) is 12.5. The molecule has 9 heteroatoms. The third-order valence-corrected chi connectivity index (χ3v) is 9.86. The molecule has 0 saturated heterocycles. The van der Waals surface area contributed by atoms with Crippen LogP contribution in [0.25, 0.3) is 5.69 Å². The van der Waals surface area contributed by atoms with E-state index < -0.39 is 15.6 Å². The Kier molecular flexibility index (Phi) is 8.38. The number of rotatable bonds is 7. The van der Waals surface area contributed by atoms with E-state index >= 15 is 0 Å². The number of nitrogens with zero attached hydrogens (tertiary/aromatic N) is 2. The minimum absolute atomic E-state index is 0.0272. The van der Waals surface area contributed by atoms with E-state index in [4.69, 9.17) is 0 Å². The molecule has 2 N–H and O–H groups in total. The average Bonchev–Trinajstić information content (AvgIpc) is 3.20. The monoisotopic (exact) mass is 600 g/mol. The smallest absolute Gasteiger partial charge is 0.296 e. The lowest BCUT2D eigenvalue weighted by Crippen LogP contribution is -2.37. The molecular formula is C34H40N4O4S. The van der Waals surface area contributed by atoms with Crippen molar-refractivity contribution in [3.05, 3.63) is 112 Å². The fraction of sp³-hybridized carbons (Fsp3) is 0.353. The zero-order valence-corrected chi connectivity index (χ0v) is 26.2. The van der Waals surface area contributed by atoms with Gasteiger partial charge in [0.15, 0.2) is 0 Å². The number of anilines is 1. The van der Waals surface area contributed by atoms with Gasteiger partial charge in [-0.3, -0.25) is 19.0 Å². The fourth-order valence-corrected chi connectivity index (χ4v) is 6.94. The van der Waals surface area contributed by atoms with E-state index in [1.807, 2.05) is 18.2 Å². The summed E-state index contributed by atoms with van der Waals surface area (Å²) in [5, 5.41) is 3.10. The Morgan fingerprint density at radius 1 is 0.884 bits per heavy atom. The molecule has 0 spiro atoms. The molecule has 8 nitrogen and oxygen atoms in total. The predicted molar refractivity (Wildman–Crippen MR) is 171 cm³/mol. The van der Waals surface area contributed by atoms with Crippen LogP contribution in [-0.2, 0) is 22.5 Å². The number of carbonyl (C=O) groups is 1. The molecule has 0 bridgehead atoms. The SMILES string of the molecule is Cc1c(NS(=O)(=O)c2cccc(C(=O)NC3CCC(c4ccc(C(C)(C)C)cc4)CC3)c2)c(=O)n(-c2ccccc2)n1C. The van der Waals surface area contributed by atoms with Crippen molar-refractivity contribution in [3.8, 4) is 5.69 Å². The lowest BCUT2D eigenvalue weighted by atomic mass is 9.80. The van der Waals surface area contributed by atoms with Crippen molar-refractivity contribution < 1.29 is 13.2 Å². The number of hydrogen-bond donors (Lipinski definition) is 2. The molecule has 226 valence electrons. The van der Waals surface area contributed by atoms with Crippen molar-refractivity contribution in [3.63, 3.8) is 0 Å². The summed E-state index contributed by atoms with van der Waals surface area (Å²) in [5.41, 5.74) is 3.61. The normalized spacial score (nSPS) is 17.4. The molecule has 3 aromatic carbocycles. The summed E-state index contributed by atoms with van der Waals surface area (Å²) < 4.78 is 32.2. The molecule has 1 amide bonds. The third-order valence-electron chi connectivity index (χ3n) is 8.51. The number of sulfonamides is 1. The van der Waals surface area contributed by atoms with Gasteiger partial charge in [-0.2, -0.15) is 0 Å². The molecule has 1 fully saturated rings. The van der Waals surface area contributed by atoms with Crippen LogP contribution < -0.4 is 15.6 Å². The summed E-state index contributed by atoms with van der Waals surface area (Å²) >= 11 is 0. The highest BCUT2D eigenvalue weighted by atomic mass is 32.2. The van der Waals surface area contributed by atoms with Gasteiger partial charge in [-0.05, 0) is 85.4 Å². The van der Waals surface area contributed by atoms with Gasteiger partial charge < -0.3 is 5.32 Å². The maximum atomic E-state index is 13.4. The molecule has 1 aliphatic rings. The van der Waals surface area contributed by atoms with E-state index in [1.54, 1.807) is 42.9 Å². The van der Waals surface area contributed by atoms with Crippen LogP contribution in [0, 0.1) is 6.92 Å². The topological polar surface area (TPSA) is 102 Å². The molecule has 5 rings (SSSR count). The summed E-state index contributed by atoms with van der Waals surface area (Å²) in [6.07, 6.45) is 3.68. The van der Waals surface area contributed by atoms with Gasteiger partial charge in [0.2, 0.25) is 0 Å². The molecular weight excluding hydrogens is 560 g/mol. The molecule has 1 aromatic heterocycles. The van der Waals surface area contributed by atoms with E-state index in [2.05, 4.69) is 55.1 Å². The maximum Gasteiger partial charge on any atom is 0.296 e. The highest BCUT2D eigenvalue weighted by molar-refractivity contribution is 7.92. The van der Waals surface area contributed by atoms with E-state index in [0.717, 1.165) is 25.7 Å². The number of aromatic nitrogens is 2. The van der Waals surface area contributed by atoms with Crippen molar-refractivity contribution in [2.75, 3.05) is 4.72 Å². The molecule has 4 aromatic rings. The molecule has 0 unspecified atom stereocenters. The number of hydrogen-bond acceptors (Lipinski definition) is 4. The highest BCUT2D eigenvalue weighted by Crippen LogP contribution is 2.34. The summed E-state index contributed by atoms with van der Waals surface area (Å²) in [4.78, 5) is 26.3. The largest absolute Gasteiger partial charge is 0.349 e. The first-order valence-electron chi connectivity index (χ1n) is 14.7. The van der Waals surface area contributed by atoms with Crippen LogP contribution in [0.5, 0.6) is 0 Å². The van der Waals surface area contributed by atoms with E-state index in [0.29, 0.717) is 17.3 Å². The Labute approximate surface area is 253 Å². The van der Waals surface area contributed by atoms with Crippen LogP contribution in [0.4, 0.5) is 5.69 Å². The summed E-state index contributed by atoms with van der Waals surface area (Å²) in [6.45, 7) is 8.32. The van der Waals surface area contributed by atoms with Crippen LogP contribution in [0.3, 0.4) is 0 Å². The lowest BCUT2D eigenvalue weighted by molar-refractivity contribution is 0.0925. The summed E-state index contributed by atoms with van der Waals surface area (Å²) in [6, 6.07) is 23.9. The van der Waals surface area contributed by atoms with Gasteiger partial charge in [0.05, 0.1) is 16.3 Å². The standard InChI is InChI=1S/C34H40N4O4S/c1-23-31(33(40)38(37(23)5)29-11-7-6-8-12-29)36-43(41,42)30-13-9-10-26(22-30)32(39)35-28-20-16-25(17-21-28)24-14-18-27(19-15-24)34(2,3)4/h6-15,18-19,22,25,28,36H,16-17,20-21H2,1-5H3,(H,35,39). The molecule has 0 atom stereocenters. The van der Waals surface area contributed by atoms with Crippen molar-refractivity contribution in [2.45, 2.75) is 75.6 Å². The zero-order chi connectivity index (χ0) is 30.9. The molecule has 1 saturated carbocycles. The Hall–Kier alpha value is -4.11. The molecule has 1 heterocycles. The number of nitrogens with one attached hydrogen (secondary N) is 2. The molecule has 0 aliphatic heterocycles. The Morgan fingerprint density at radius 2 is 1.53 bits per heavy atom. The Morgan fingerprint density at radius 3 is 2.16 bits per heavy atom. The lowest BCUT2D eigenvalue weighted by Gasteiger charge is -2.30. The van der Waals surface area contributed by atoms with Crippen LogP contribution in [0.1, 0.15) is 79.6 Å². The van der Waals surface area contributed by atoms with Crippen molar-refractivity contribution in [1.82, 2.24) is 14.7 Å².